The Morgan fingerprint density at radius 1 is 1.42 bits per heavy atom. The van der Waals surface area contributed by atoms with Gasteiger partial charge in [0.2, 0.25) is 0 Å². The number of hydrogen-bond acceptors (Lipinski definition) is 0. The Hall–Kier alpha value is -0.150. The lowest BCUT2D eigenvalue weighted by Gasteiger charge is -2.06. The van der Waals surface area contributed by atoms with Crippen LogP contribution in [0.1, 0.15) is 17.6 Å². The zero-order chi connectivity index (χ0) is 9.30. The van der Waals surface area contributed by atoms with Crippen LogP contribution in [-0.4, -0.2) is 0 Å². The maximum Gasteiger partial charge on any atom is 0.264 e. The number of rotatable bonds is 1. The molecule has 1 rings (SSSR count). The van der Waals surface area contributed by atoms with Crippen molar-refractivity contribution >= 4 is 27.5 Å². The fraction of sp³-hybridized carbons (Fsp3) is 0.250. The van der Waals surface area contributed by atoms with Crippen molar-refractivity contribution in [2.24, 2.45) is 0 Å². The first-order valence-corrected chi connectivity index (χ1v) is 4.43. The van der Waals surface area contributed by atoms with Crippen LogP contribution in [0, 0.1) is 6.92 Å². The van der Waals surface area contributed by atoms with Gasteiger partial charge in [0.15, 0.2) is 0 Å². The van der Waals surface area contributed by atoms with Crippen LogP contribution in [0.5, 0.6) is 0 Å². The number of benzene rings is 1. The lowest BCUT2D eigenvalue weighted by Crippen LogP contribution is -1.89. The summed E-state index contributed by atoms with van der Waals surface area (Å²) in [6.07, 6.45) is -2.46. The minimum absolute atomic E-state index is 0.0109. The molecule has 0 bridgehead atoms. The van der Waals surface area contributed by atoms with Crippen molar-refractivity contribution in [2.75, 3.05) is 0 Å². The Labute approximate surface area is 82.7 Å². The predicted octanol–water partition coefficient (Wildman–Crippen LogP) is 4.35. The van der Waals surface area contributed by atoms with E-state index in [0.29, 0.717) is 15.1 Å². The molecule has 12 heavy (non-hydrogen) atoms. The van der Waals surface area contributed by atoms with Gasteiger partial charge in [-0.1, -0.05) is 11.6 Å². The highest BCUT2D eigenvalue weighted by Gasteiger charge is 2.12. The first-order valence-electron chi connectivity index (χ1n) is 3.26. The summed E-state index contributed by atoms with van der Waals surface area (Å²) in [5.74, 6) is 0. The van der Waals surface area contributed by atoms with Crippen molar-refractivity contribution in [3.05, 3.63) is 32.8 Å². The summed E-state index contributed by atoms with van der Waals surface area (Å²) in [7, 11) is 0. The average Bonchev–Trinajstić information content (AvgIpc) is 1.96. The van der Waals surface area contributed by atoms with Crippen molar-refractivity contribution in [1.82, 2.24) is 0 Å². The second kappa shape index (κ2) is 3.71. The van der Waals surface area contributed by atoms with E-state index in [4.69, 9.17) is 11.6 Å². The summed E-state index contributed by atoms with van der Waals surface area (Å²) >= 11 is 8.80. The second-order valence-corrected chi connectivity index (χ2v) is 3.69. The number of aryl methyl sites for hydroxylation is 1. The number of alkyl halides is 2. The van der Waals surface area contributed by atoms with E-state index >= 15 is 0 Å². The Kier molecular flexibility index (Phi) is 3.07. The maximum absolute atomic E-state index is 12.3. The van der Waals surface area contributed by atoms with Gasteiger partial charge in [-0.3, -0.25) is 0 Å². The van der Waals surface area contributed by atoms with Crippen molar-refractivity contribution in [3.8, 4) is 0 Å². The van der Waals surface area contributed by atoms with E-state index in [2.05, 4.69) is 15.9 Å². The van der Waals surface area contributed by atoms with Gasteiger partial charge in [-0.05, 0) is 40.5 Å². The highest BCUT2D eigenvalue weighted by molar-refractivity contribution is 9.10. The first kappa shape index (κ1) is 9.93. The van der Waals surface area contributed by atoms with Crippen molar-refractivity contribution < 1.29 is 8.78 Å². The average molecular weight is 255 g/mol. The third kappa shape index (κ3) is 1.96. The molecule has 1 aromatic rings. The molecule has 0 nitrogen and oxygen atoms in total. The minimum Gasteiger partial charge on any atom is -0.205 e. The third-order valence-corrected chi connectivity index (χ3v) is 2.74. The summed E-state index contributed by atoms with van der Waals surface area (Å²) in [6.45, 7) is 1.63. The van der Waals surface area contributed by atoms with Gasteiger partial charge in [0.05, 0.1) is 5.02 Å². The Morgan fingerprint density at radius 3 is 2.50 bits per heavy atom. The summed E-state index contributed by atoms with van der Waals surface area (Å²) in [4.78, 5) is 0. The smallest absolute Gasteiger partial charge is 0.205 e. The number of hydrogen-bond donors (Lipinski definition) is 0. The molecule has 0 amide bonds. The zero-order valence-electron chi connectivity index (χ0n) is 6.24. The molecular weight excluding hydrogens is 249 g/mol. The lowest BCUT2D eigenvalue weighted by atomic mass is 10.1. The zero-order valence-corrected chi connectivity index (χ0v) is 8.59. The summed E-state index contributed by atoms with van der Waals surface area (Å²) < 4.78 is 25.2. The van der Waals surface area contributed by atoms with Crippen molar-refractivity contribution in [3.63, 3.8) is 0 Å². The van der Waals surface area contributed by atoms with Crippen molar-refractivity contribution in [2.45, 2.75) is 13.3 Å². The minimum atomic E-state index is -2.46. The van der Waals surface area contributed by atoms with E-state index in [1.165, 1.54) is 6.07 Å². The molecule has 0 unspecified atom stereocenters. The molecule has 0 aliphatic heterocycles. The summed E-state index contributed by atoms with van der Waals surface area (Å²) in [6, 6.07) is 2.87. The van der Waals surface area contributed by atoms with E-state index in [1.807, 2.05) is 0 Å². The highest BCUT2D eigenvalue weighted by atomic mass is 79.9. The van der Waals surface area contributed by atoms with Crippen LogP contribution in [0.2, 0.25) is 5.02 Å². The third-order valence-electron chi connectivity index (χ3n) is 1.54. The van der Waals surface area contributed by atoms with Crippen molar-refractivity contribution in [1.29, 1.82) is 0 Å². The van der Waals surface area contributed by atoms with Crippen LogP contribution in [0.15, 0.2) is 16.6 Å². The Morgan fingerprint density at radius 2 is 2.00 bits per heavy atom. The van der Waals surface area contributed by atoms with Crippen LogP contribution in [-0.2, 0) is 0 Å². The van der Waals surface area contributed by atoms with E-state index < -0.39 is 6.43 Å². The molecule has 0 saturated carbocycles. The standard InChI is InChI=1S/C8H6BrClF2/c1-4-2-6(9)7(10)3-5(4)8(11)12/h2-3,8H,1H3. The van der Waals surface area contributed by atoms with Crippen LogP contribution in [0.4, 0.5) is 8.78 Å². The molecule has 1 aromatic carbocycles. The van der Waals surface area contributed by atoms with Crippen LogP contribution in [0.3, 0.4) is 0 Å². The van der Waals surface area contributed by atoms with Crippen LogP contribution < -0.4 is 0 Å². The van der Waals surface area contributed by atoms with Gasteiger partial charge >= 0.3 is 0 Å². The molecule has 66 valence electrons. The van der Waals surface area contributed by atoms with Gasteiger partial charge in [-0.15, -0.1) is 0 Å². The maximum atomic E-state index is 12.3. The van der Waals surface area contributed by atoms with Crippen LogP contribution >= 0.6 is 27.5 Å². The van der Waals surface area contributed by atoms with Crippen LogP contribution in [0.25, 0.3) is 0 Å². The fourth-order valence-electron chi connectivity index (χ4n) is 0.897. The van der Waals surface area contributed by atoms with E-state index in [-0.39, 0.29) is 5.56 Å². The predicted molar refractivity (Wildman–Crippen MR) is 48.8 cm³/mol. The summed E-state index contributed by atoms with van der Waals surface area (Å²) in [5, 5.41) is 0.316. The largest absolute Gasteiger partial charge is 0.264 e. The monoisotopic (exact) mass is 254 g/mol. The second-order valence-electron chi connectivity index (χ2n) is 2.42. The van der Waals surface area contributed by atoms with Gasteiger partial charge in [-0.2, -0.15) is 0 Å². The van der Waals surface area contributed by atoms with Gasteiger partial charge < -0.3 is 0 Å². The van der Waals surface area contributed by atoms with Gasteiger partial charge in [0.25, 0.3) is 6.43 Å². The molecule has 0 aromatic heterocycles. The number of halogens is 4. The Balaban J connectivity index is 3.23. The Bertz CT molecular complexity index is 299. The highest BCUT2D eigenvalue weighted by Crippen LogP contribution is 2.31. The topological polar surface area (TPSA) is 0 Å². The van der Waals surface area contributed by atoms with E-state index in [1.54, 1.807) is 13.0 Å². The molecule has 0 N–H and O–H groups in total. The molecule has 0 fully saturated rings. The van der Waals surface area contributed by atoms with Gasteiger partial charge in [0, 0.05) is 10.0 Å². The normalized spacial score (nSPS) is 10.8. The summed E-state index contributed by atoms with van der Waals surface area (Å²) in [5.41, 5.74) is 0.532. The molecule has 0 saturated heterocycles. The van der Waals surface area contributed by atoms with Gasteiger partial charge in [-0.25, -0.2) is 8.78 Å². The van der Waals surface area contributed by atoms with E-state index in [9.17, 15) is 8.78 Å². The molecule has 0 heterocycles. The molecule has 0 spiro atoms. The molecule has 0 radical (unpaired) electrons. The van der Waals surface area contributed by atoms with Gasteiger partial charge in [0.1, 0.15) is 0 Å². The van der Waals surface area contributed by atoms with E-state index in [0.717, 1.165) is 0 Å². The quantitative estimate of drug-likeness (QED) is 0.700. The first-order chi connectivity index (χ1) is 5.52. The molecule has 0 aliphatic rings. The lowest BCUT2D eigenvalue weighted by molar-refractivity contribution is 0.150. The molecule has 4 heteroatoms. The molecule has 0 atom stereocenters. The fourth-order valence-corrected chi connectivity index (χ4v) is 1.53. The molecular formula is C8H6BrClF2. The SMILES string of the molecule is Cc1cc(Br)c(Cl)cc1C(F)F. The molecule has 0 aliphatic carbocycles.